The Balaban J connectivity index is 1.83. The highest BCUT2D eigenvalue weighted by molar-refractivity contribution is 6.33. The number of fused-ring (bicyclic) bond motifs is 2. The summed E-state index contributed by atoms with van der Waals surface area (Å²) in [6, 6.07) is 12.9. The first-order chi connectivity index (χ1) is 17.7. The Hall–Kier alpha value is -3.75. The average Bonchev–Trinajstić information content (AvgIpc) is 2.85. The van der Waals surface area contributed by atoms with E-state index >= 15 is 0 Å². The van der Waals surface area contributed by atoms with Gasteiger partial charge >= 0.3 is 11.9 Å². The minimum atomic E-state index is -0.477. The average molecular weight is 544 g/mol. The zero-order valence-electron chi connectivity index (χ0n) is 20.0. The van der Waals surface area contributed by atoms with E-state index in [2.05, 4.69) is 0 Å². The third kappa shape index (κ3) is 5.65. The van der Waals surface area contributed by atoms with Crippen molar-refractivity contribution >= 4 is 51.8 Å². The van der Waals surface area contributed by atoms with Gasteiger partial charge in [0.15, 0.2) is 0 Å². The van der Waals surface area contributed by atoms with Crippen LogP contribution in [-0.2, 0) is 19.1 Å². The predicted molar refractivity (Wildman–Crippen MR) is 142 cm³/mol. The summed E-state index contributed by atoms with van der Waals surface area (Å²) in [5.41, 5.74) is 2.48. The molecule has 0 aromatic heterocycles. The number of aromatic hydroxyl groups is 1. The van der Waals surface area contributed by atoms with Crippen LogP contribution in [0.4, 0.5) is 5.69 Å². The van der Waals surface area contributed by atoms with Crippen LogP contribution in [0.2, 0.25) is 10.0 Å². The van der Waals surface area contributed by atoms with Gasteiger partial charge in [0.2, 0.25) is 5.43 Å². The van der Waals surface area contributed by atoms with E-state index in [0.29, 0.717) is 27.8 Å². The van der Waals surface area contributed by atoms with Crippen molar-refractivity contribution in [1.82, 2.24) is 0 Å². The number of nitrogens with zero attached hydrogens (tertiary/aromatic N) is 1. The van der Waals surface area contributed by atoms with Crippen LogP contribution < -0.4 is 10.3 Å². The number of halogens is 2. The molecule has 2 aliphatic rings. The van der Waals surface area contributed by atoms with Crippen molar-refractivity contribution < 1.29 is 28.6 Å². The molecule has 0 atom stereocenters. The zero-order valence-corrected chi connectivity index (χ0v) is 21.6. The van der Waals surface area contributed by atoms with Gasteiger partial charge in [0, 0.05) is 34.3 Å². The number of phenolic OH excluding ortho intramolecular Hbond substituents is 1. The van der Waals surface area contributed by atoms with E-state index in [9.17, 15) is 19.5 Å². The molecule has 0 saturated heterocycles. The Bertz CT molecular complexity index is 1480. The smallest absolute Gasteiger partial charge is 0.325 e. The third-order valence-corrected chi connectivity index (χ3v) is 6.21. The van der Waals surface area contributed by atoms with Gasteiger partial charge < -0.3 is 23.9 Å². The molecule has 192 valence electrons. The Kier molecular flexibility index (Phi) is 7.90. The molecule has 0 saturated carbocycles. The predicted octanol–water partition coefficient (Wildman–Crippen LogP) is 5.51. The van der Waals surface area contributed by atoms with E-state index in [0.717, 1.165) is 5.56 Å². The van der Waals surface area contributed by atoms with Crippen LogP contribution in [0.1, 0.15) is 13.8 Å². The molecule has 0 unspecified atom stereocenters. The number of rotatable bonds is 8. The van der Waals surface area contributed by atoms with Crippen molar-refractivity contribution in [2.24, 2.45) is 0 Å². The van der Waals surface area contributed by atoms with Gasteiger partial charge in [-0.15, -0.1) is 0 Å². The van der Waals surface area contributed by atoms with E-state index in [4.69, 9.17) is 37.1 Å². The number of carbonyl (C=O) groups excluding carboxylic acids is 2. The molecule has 0 fully saturated rings. The van der Waals surface area contributed by atoms with Crippen LogP contribution in [-0.4, -0.2) is 43.3 Å². The molecule has 2 aromatic rings. The minimum Gasteiger partial charge on any atom is -0.506 e. The number of benzene rings is 3. The lowest BCUT2D eigenvalue weighted by Crippen LogP contribution is -2.36. The lowest BCUT2D eigenvalue weighted by atomic mass is 9.93. The maximum Gasteiger partial charge on any atom is 0.325 e. The normalized spacial score (nSPS) is 11.0. The van der Waals surface area contributed by atoms with Crippen molar-refractivity contribution in [3.63, 3.8) is 0 Å². The number of carbonyl (C=O) groups is 2. The van der Waals surface area contributed by atoms with Gasteiger partial charge in [0.05, 0.1) is 23.3 Å². The summed E-state index contributed by atoms with van der Waals surface area (Å²) in [6.45, 7) is 3.57. The van der Waals surface area contributed by atoms with Gasteiger partial charge in [-0.05, 0) is 43.7 Å². The SMILES string of the molecule is CCOC(=O)CN(CC(=O)OCC)c1ccc(-c2c3cc(Cl)c(=O)cc-3oc3cc(O)c(Cl)cc23)cc1. The number of phenols is 1. The van der Waals surface area contributed by atoms with E-state index in [1.807, 2.05) is 0 Å². The van der Waals surface area contributed by atoms with E-state index in [1.54, 1.807) is 49.1 Å². The highest BCUT2D eigenvalue weighted by atomic mass is 35.5. The number of esters is 2. The number of ether oxygens (including phenoxy) is 2. The fraction of sp³-hybridized carbons (Fsp3) is 0.222. The third-order valence-electron chi connectivity index (χ3n) is 5.61. The molecule has 0 radical (unpaired) electrons. The summed E-state index contributed by atoms with van der Waals surface area (Å²) >= 11 is 12.4. The standard InChI is InChI=1S/C27H23Cl2NO7/c1-3-35-25(33)13-30(14-26(34)36-4-2)16-7-5-15(6-8-16)27-17-9-19(28)21(31)11-23(17)37-24-12-22(32)20(29)10-18(24)27/h5-12,31H,3-4,13-14H2,1-2H3. The maximum absolute atomic E-state index is 12.2. The van der Waals surface area contributed by atoms with Gasteiger partial charge in [-0.25, -0.2) is 0 Å². The van der Waals surface area contributed by atoms with Crippen molar-refractivity contribution in [2.45, 2.75) is 13.8 Å². The second kappa shape index (κ2) is 11.1. The van der Waals surface area contributed by atoms with Crippen molar-refractivity contribution in [3.05, 3.63) is 68.8 Å². The molecule has 0 bridgehead atoms. The second-order valence-corrected chi connectivity index (χ2v) is 8.88. The van der Waals surface area contributed by atoms with Gasteiger partial charge in [-0.1, -0.05) is 35.3 Å². The van der Waals surface area contributed by atoms with Gasteiger partial charge in [0.25, 0.3) is 0 Å². The second-order valence-electron chi connectivity index (χ2n) is 8.07. The molecule has 37 heavy (non-hydrogen) atoms. The summed E-state index contributed by atoms with van der Waals surface area (Å²) in [6.07, 6.45) is 0. The summed E-state index contributed by atoms with van der Waals surface area (Å²) in [7, 11) is 0. The number of hydrogen-bond acceptors (Lipinski definition) is 8. The Morgan fingerprint density at radius 3 is 2.14 bits per heavy atom. The molecule has 4 rings (SSSR count). The highest BCUT2D eigenvalue weighted by Gasteiger charge is 2.22. The first kappa shape index (κ1) is 26.3. The van der Waals surface area contributed by atoms with Gasteiger partial charge in [-0.2, -0.15) is 0 Å². The molecule has 1 aliphatic carbocycles. The molecular weight excluding hydrogens is 521 g/mol. The van der Waals surface area contributed by atoms with Crippen LogP contribution in [0.3, 0.4) is 0 Å². The summed E-state index contributed by atoms with van der Waals surface area (Å²) in [5, 5.41) is 10.9. The number of hydrogen-bond donors (Lipinski definition) is 1. The largest absolute Gasteiger partial charge is 0.506 e. The van der Waals surface area contributed by atoms with E-state index < -0.39 is 17.4 Å². The molecule has 10 heteroatoms. The van der Waals surface area contributed by atoms with Gasteiger partial charge in [-0.3, -0.25) is 14.4 Å². The van der Waals surface area contributed by atoms with Crippen LogP contribution in [0.15, 0.2) is 57.7 Å². The maximum atomic E-state index is 12.2. The molecule has 0 spiro atoms. The summed E-state index contributed by atoms with van der Waals surface area (Å²) in [4.78, 5) is 38.1. The minimum absolute atomic E-state index is 0.0276. The summed E-state index contributed by atoms with van der Waals surface area (Å²) < 4.78 is 16.0. The fourth-order valence-corrected chi connectivity index (χ4v) is 4.34. The van der Waals surface area contributed by atoms with Gasteiger partial charge in [0.1, 0.15) is 30.2 Å². The Labute approximate surface area is 222 Å². The van der Waals surface area contributed by atoms with Crippen LogP contribution in [0, 0.1) is 0 Å². The van der Waals surface area contributed by atoms with Crippen LogP contribution >= 0.6 is 23.2 Å². The topological polar surface area (TPSA) is 106 Å². The fourth-order valence-electron chi connectivity index (χ4n) is 4.01. The molecular formula is C27H23Cl2NO7. The molecule has 1 aliphatic heterocycles. The first-order valence-electron chi connectivity index (χ1n) is 11.5. The Morgan fingerprint density at radius 1 is 0.919 bits per heavy atom. The van der Waals surface area contributed by atoms with Crippen LogP contribution in [0.5, 0.6) is 5.75 Å². The quantitative estimate of drug-likeness (QED) is 0.229. The molecule has 1 heterocycles. The molecule has 0 amide bonds. The van der Waals surface area contributed by atoms with Crippen molar-refractivity contribution in [2.75, 3.05) is 31.2 Å². The molecule has 1 N–H and O–H groups in total. The molecule has 8 nitrogen and oxygen atoms in total. The first-order valence-corrected chi connectivity index (χ1v) is 12.2. The number of anilines is 1. The van der Waals surface area contributed by atoms with E-state index in [1.165, 1.54) is 18.2 Å². The lowest BCUT2D eigenvalue weighted by Gasteiger charge is -2.23. The van der Waals surface area contributed by atoms with E-state index in [-0.39, 0.29) is 47.9 Å². The highest BCUT2D eigenvalue weighted by Crippen LogP contribution is 2.43. The van der Waals surface area contributed by atoms with Crippen LogP contribution in [0.25, 0.3) is 33.4 Å². The van der Waals surface area contributed by atoms with Crippen molar-refractivity contribution in [3.8, 4) is 28.2 Å². The Morgan fingerprint density at radius 2 is 1.54 bits per heavy atom. The monoisotopic (exact) mass is 543 g/mol. The zero-order chi connectivity index (χ0) is 26.7. The van der Waals surface area contributed by atoms with Crippen molar-refractivity contribution in [1.29, 1.82) is 0 Å². The summed E-state index contributed by atoms with van der Waals surface area (Å²) in [5.74, 6) is -0.831. The lowest BCUT2D eigenvalue weighted by molar-refractivity contribution is -0.142. The molecule has 2 aromatic carbocycles.